The molecule has 0 spiro atoms. The van der Waals surface area contributed by atoms with Crippen molar-refractivity contribution in [3.63, 3.8) is 0 Å². The number of rotatable bonds is 7. The molecule has 1 aliphatic carbocycles. The number of thiophene rings is 1. The molecular weight excluding hydrogens is 495 g/mol. The maximum Gasteiger partial charge on any atom is 0.191 e. The lowest BCUT2D eigenvalue weighted by Crippen LogP contribution is -2.48. The summed E-state index contributed by atoms with van der Waals surface area (Å²) in [5.74, 6) is 1.07. The summed E-state index contributed by atoms with van der Waals surface area (Å²) in [6, 6.07) is 4.69. The van der Waals surface area contributed by atoms with E-state index in [-0.39, 0.29) is 35.1 Å². The van der Waals surface area contributed by atoms with E-state index in [2.05, 4.69) is 40.0 Å². The van der Waals surface area contributed by atoms with Gasteiger partial charge in [0.05, 0.1) is 10.8 Å². The van der Waals surface area contributed by atoms with Gasteiger partial charge in [-0.3, -0.25) is 4.99 Å². The maximum atomic E-state index is 11.6. The van der Waals surface area contributed by atoms with Crippen molar-refractivity contribution >= 4 is 56.1 Å². The lowest BCUT2D eigenvalue weighted by Gasteiger charge is -2.33. The highest BCUT2D eigenvalue weighted by atomic mass is 127. The Hall–Kier alpha value is -0.550. The van der Waals surface area contributed by atoms with Gasteiger partial charge >= 0.3 is 0 Å². The van der Waals surface area contributed by atoms with E-state index in [1.54, 1.807) is 11.3 Å². The lowest BCUT2D eigenvalue weighted by molar-refractivity contribution is 0.461. The van der Waals surface area contributed by atoms with Crippen LogP contribution in [0.3, 0.4) is 0 Å². The van der Waals surface area contributed by atoms with Gasteiger partial charge in [-0.15, -0.1) is 35.3 Å². The number of hydrogen-bond donors (Lipinski definition) is 2. The van der Waals surface area contributed by atoms with Crippen molar-refractivity contribution in [3.8, 4) is 0 Å². The van der Waals surface area contributed by atoms with Crippen molar-refractivity contribution in [1.82, 2.24) is 10.6 Å². The molecule has 2 fully saturated rings. The summed E-state index contributed by atoms with van der Waals surface area (Å²) in [6.07, 6.45) is 5.40. The second-order valence-electron chi connectivity index (χ2n) is 7.62. The first-order chi connectivity index (χ1) is 12.4. The van der Waals surface area contributed by atoms with Gasteiger partial charge in [0.25, 0.3) is 0 Å². The Morgan fingerprint density at radius 1 is 1.37 bits per heavy atom. The third kappa shape index (κ3) is 7.08. The Kier molecular flexibility index (Phi) is 8.23. The highest BCUT2D eigenvalue weighted by molar-refractivity contribution is 14.0. The van der Waals surface area contributed by atoms with Crippen molar-refractivity contribution < 1.29 is 8.42 Å². The van der Waals surface area contributed by atoms with E-state index in [0.29, 0.717) is 12.6 Å². The summed E-state index contributed by atoms with van der Waals surface area (Å²) >= 11 is 1.80. The molecule has 1 aromatic rings. The third-order valence-electron chi connectivity index (χ3n) is 5.10. The van der Waals surface area contributed by atoms with Crippen molar-refractivity contribution in [2.75, 3.05) is 43.1 Å². The second kappa shape index (κ2) is 9.78. The molecule has 2 heterocycles. The Labute approximate surface area is 184 Å². The van der Waals surface area contributed by atoms with E-state index in [1.165, 1.54) is 11.3 Å². The molecule has 2 aliphatic rings. The van der Waals surface area contributed by atoms with Gasteiger partial charge in [0.15, 0.2) is 5.96 Å². The monoisotopic (exact) mass is 526 g/mol. The zero-order valence-electron chi connectivity index (χ0n) is 16.1. The standard InChI is InChI=1S/C18H30N4O2S2.HI/c1-3-19-17(20-13-18(8-9-18)14-26(2,23)24)21-15-6-10-22(11-7-15)16-5-4-12-25-16;/h4-5,12,15H,3,6-11,13-14H2,1-2H3,(H2,19,20,21);1H. The van der Waals surface area contributed by atoms with Crippen LogP contribution in [-0.4, -0.2) is 58.6 Å². The number of anilines is 1. The first-order valence-corrected chi connectivity index (χ1v) is 12.3. The molecule has 0 amide bonds. The first kappa shape index (κ1) is 22.7. The molecule has 1 aromatic heterocycles. The largest absolute Gasteiger partial charge is 0.363 e. The molecule has 154 valence electrons. The van der Waals surface area contributed by atoms with Gasteiger partial charge in [0.1, 0.15) is 9.84 Å². The molecule has 0 unspecified atom stereocenters. The molecule has 0 bridgehead atoms. The fraction of sp³-hybridized carbons (Fsp3) is 0.722. The number of sulfone groups is 1. The fourth-order valence-corrected chi connectivity index (χ4v) is 5.81. The van der Waals surface area contributed by atoms with Crippen LogP contribution in [-0.2, 0) is 9.84 Å². The van der Waals surface area contributed by atoms with Crippen molar-refractivity contribution in [2.24, 2.45) is 10.4 Å². The van der Waals surface area contributed by atoms with Crippen LogP contribution < -0.4 is 15.5 Å². The molecule has 0 atom stereocenters. The van der Waals surface area contributed by atoms with Crippen LogP contribution >= 0.6 is 35.3 Å². The molecule has 1 saturated carbocycles. The average molecular weight is 527 g/mol. The van der Waals surface area contributed by atoms with Gasteiger partial charge in [-0.25, -0.2) is 8.42 Å². The van der Waals surface area contributed by atoms with Crippen molar-refractivity contribution in [2.45, 2.75) is 38.6 Å². The van der Waals surface area contributed by atoms with Gasteiger partial charge in [0, 0.05) is 43.9 Å². The first-order valence-electron chi connectivity index (χ1n) is 9.40. The summed E-state index contributed by atoms with van der Waals surface area (Å²) in [7, 11) is -2.95. The smallest absolute Gasteiger partial charge is 0.191 e. The summed E-state index contributed by atoms with van der Waals surface area (Å²) in [5, 5.41) is 10.3. The molecule has 2 N–H and O–H groups in total. The minimum Gasteiger partial charge on any atom is -0.363 e. The van der Waals surface area contributed by atoms with Crippen LogP contribution in [0.5, 0.6) is 0 Å². The van der Waals surface area contributed by atoms with Crippen molar-refractivity contribution in [1.29, 1.82) is 0 Å². The quantitative estimate of drug-likeness (QED) is 0.325. The number of piperidine rings is 1. The summed E-state index contributed by atoms with van der Waals surface area (Å²) in [6.45, 7) is 5.55. The van der Waals surface area contributed by atoms with E-state index < -0.39 is 9.84 Å². The Balaban J connectivity index is 0.00000261. The van der Waals surface area contributed by atoms with Crippen LogP contribution in [0.4, 0.5) is 5.00 Å². The topological polar surface area (TPSA) is 73.8 Å². The Bertz CT molecular complexity index is 710. The predicted molar refractivity (Wildman–Crippen MR) is 125 cm³/mol. The van der Waals surface area contributed by atoms with E-state index >= 15 is 0 Å². The van der Waals surface area contributed by atoms with Crippen molar-refractivity contribution in [3.05, 3.63) is 17.5 Å². The zero-order valence-corrected chi connectivity index (χ0v) is 20.1. The Morgan fingerprint density at radius 2 is 2.07 bits per heavy atom. The number of aliphatic imine (C=N–C) groups is 1. The van der Waals surface area contributed by atoms with E-state index in [1.807, 2.05) is 0 Å². The molecule has 1 aliphatic heterocycles. The van der Waals surface area contributed by atoms with Gasteiger partial charge in [0.2, 0.25) is 0 Å². The van der Waals surface area contributed by atoms with E-state index in [0.717, 1.165) is 51.3 Å². The fourth-order valence-electron chi connectivity index (χ4n) is 3.54. The lowest BCUT2D eigenvalue weighted by atomic mass is 10.1. The van der Waals surface area contributed by atoms with Gasteiger partial charge in [-0.2, -0.15) is 0 Å². The van der Waals surface area contributed by atoms with Gasteiger partial charge < -0.3 is 15.5 Å². The predicted octanol–water partition coefficient (Wildman–Crippen LogP) is 2.71. The second-order valence-corrected chi connectivity index (χ2v) is 10.7. The normalized spacial score (nSPS) is 20.1. The number of nitrogens with zero attached hydrogens (tertiary/aromatic N) is 2. The number of nitrogens with one attached hydrogen (secondary N) is 2. The van der Waals surface area contributed by atoms with Crippen LogP contribution in [0, 0.1) is 5.41 Å². The minimum atomic E-state index is -2.95. The average Bonchev–Trinajstić information content (AvgIpc) is 3.10. The number of guanidine groups is 1. The highest BCUT2D eigenvalue weighted by Crippen LogP contribution is 2.46. The number of halogens is 1. The van der Waals surface area contributed by atoms with Crippen LogP contribution in [0.1, 0.15) is 32.6 Å². The van der Waals surface area contributed by atoms with E-state index in [4.69, 9.17) is 4.99 Å². The summed E-state index contributed by atoms with van der Waals surface area (Å²) in [4.78, 5) is 7.16. The van der Waals surface area contributed by atoms with E-state index in [9.17, 15) is 8.42 Å². The maximum absolute atomic E-state index is 11.6. The van der Waals surface area contributed by atoms with Gasteiger partial charge in [-0.1, -0.05) is 0 Å². The summed E-state index contributed by atoms with van der Waals surface area (Å²) < 4.78 is 23.2. The molecule has 0 aromatic carbocycles. The third-order valence-corrected chi connectivity index (χ3v) is 7.16. The molecule has 1 saturated heterocycles. The molecular formula is C18H31IN4O2S2. The molecule has 3 rings (SSSR count). The minimum absolute atomic E-state index is 0. The SMILES string of the molecule is CCNC(=NCC1(CS(C)(=O)=O)CC1)NC1CCN(c2cccs2)CC1.I. The molecule has 6 nitrogen and oxygen atoms in total. The number of hydrogen-bond acceptors (Lipinski definition) is 5. The molecule has 27 heavy (non-hydrogen) atoms. The highest BCUT2D eigenvalue weighted by Gasteiger charge is 2.45. The van der Waals surface area contributed by atoms with Crippen LogP contribution in [0.2, 0.25) is 0 Å². The molecule has 9 heteroatoms. The molecule has 0 radical (unpaired) electrons. The Morgan fingerprint density at radius 3 is 2.59 bits per heavy atom. The summed E-state index contributed by atoms with van der Waals surface area (Å²) in [5.41, 5.74) is -0.127. The van der Waals surface area contributed by atoms with Gasteiger partial charge in [-0.05, 0) is 50.1 Å². The van der Waals surface area contributed by atoms with Crippen LogP contribution in [0.25, 0.3) is 0 Å². The van der Waals surface area contributed by atoms with Crippen LogP contribution in [0.15, 0.2) is 22.5 Å². The zero-order chi connectivity index (χ0) is 18.6.